The molecule has 0 saturated heterocycles. The van der Waals surface area contributed by atoms with E-state index >= 15 is 0 Å². The SMILES string of the molecule is O=C(Nc1ccccc1)C(Sc1nnc(-c2ccco2)n1-c1ccccc1)c1ccccc1. The summed E-state index contributed by atoms with van der Waals surface area (Å²) < 4.78 is 7.51. The van der Waals surface area contributed by atoms with Gasteiger partial charge in [-0.2, -0.15) is 0 Å². The van der Waals surface area contributed by atoms with Gasteiger partial charge in [-0.15, -0.1) is 10.2 Å². The predicted octanol–water partition coefficient (Wildman–Crippen LogP) is 6.00. The third kappa shape index (κ3) is 4.58. The number of anilines is 1. The van der Waals surface area contributed by atoms with Crippen LogP contribution in [0.5, 0.6) is 0 Å². The zero-order chi connectivity index (χ0) is 22.5. The topological polar surface area (TPSA) is 73.0 Å². The Balaban J connectivity index is 1.55. The van der Waals surface area contributed by atoms with Crippen LogP contribution in [-0.4, -0.2) is 20.7 Å². The van der Waals surface area contributed by atoms with E-state index < -0.39 is 5.25 Å². The van der Waals surface area contributed by atoms with Crippen LogP contribution in [-0.2, 0) is 4.79 Å². The minimum Gasteiger partial charge on any atom is -0.461 e. The maximum atomic E-state index is 13.4. The van der Waals surface area contributed by atoms with Gasteiger partial charge in [0.1, 0.15) is 5.25 Å². The number of amides is 1. The Hall–Kier alpha value is -4.10. The highest BCUT2D eigenvalue weighted by atomic mass is 32.2. The number of benzene rings is 3. The monoisotopic (exact) mass is 452 g/mol. The van der Waals surface area contributed by atoms with Crippen molar-refractivity contribution in [3.8, 4) is 17.3 Å². The van der Waals surface area contributed by atoms with Crippen molar-refractivity contribution < 1.29 is 9.21 Å². The number of carbonyl (C=O) groups is 1. The van der Waals surface area contributed by atoms with E-state index in [0.29, 0.717) is 16.7 Å². The Morgan fingerprint density at radius 1 is 0.818 bits per heavy atom. The third-order valence-corrected chi connectivity index (χ3v) is 6.19. The molecule has 3 aromatic carbocycles. The summed E-state index contributed by atoms with van der Waals surface area (Å²) in [6.45, 7) is 0. The number of nitrogens with zero attached hydrogens (tertiary/aromatic N) is 3. The minimum absolute atomic E-state index is 0.139. The summed E-state index contributed by atoms with van der Waals surface area (Å²) in [4.78, 5) is 13.4. The molecule has 2 heterocycles. The highest BCUT2D eigenvalue weighted by molar-refractivity contribution is 8.00. The van der Waals surface area contributed by atoms with Crippen molar-refractivity contribution in [3.05, 3.63) is 115 Å². The molecule has 0 fully saturated rings. The molecule has 0 radical (unpaired) electrons. The van der Waals surface area contributed by atoms with Crippen LogP contribution in [0.2, 0.25) is 0 Å². The van der Waals surface area contributed by atoms with Gasteiger partial charge in [0.2, 0.25) is 11.7 Å². The highest BCUT2D eigenvalue weighted by Crippen LogP contribution is 2.38. The molecule has 0 spiro atoms. The van der Waals surface area contributed by atoms with E-state index in [4.69, 9.17) is 4.42 Å². The van der Waals surface area contributed by atoms with Gasteiger partial charge in [-0.05, 0) is 42.0 Å². The second kappa shape index (κ2) is 9.58. The van der Waals surface area contributed by atoms with Crippen molar-refractivity contribution in [1.29, 1.82) is 0 Å². The number of thioether (sulfide) groups is 1. The molecule has 1 N–H and O–H groups in total. The molecule has 7 heteroatoms. The van der Waals surface area contributed by atoms with Crippen LogP contribution in [0.15, 0.2) is 119 Å². The Labute approximate surface area is 195 Å². The predicted molar refractivity (Wildman–Crippen MR) is 129 cm³/mol. The van der Waals surface area contributed by atoms with Crippen LogP contribution in [0.25, 0.3) is 17.3 Å². The van der Waals surface area contributed by atoms with E-state index in [0.717, 1.165) is 16.9 Å². The van der Waals surface area contributed by atoms with Gasteiger partial charge in [0, 0.05) is 11.4 Å². The van der Waals surface area contributed by atoms with Gasteiger partial charge in [0.25, 0.3) is 0 Å². The number of hydrogen-bond donors (Lipinski definition) is 1. The molecule has 1 atom stereocenters. The van der Waals surface area contributed by atoms with E-state index in [1.165, 1.54) is 11.8 Å². The summed E-state index contributed by atoms with van der Waals surface area (Å²) in [5, 5.41) is 11.9. The lowest BCUT2D eigenvalue weighted by Gasteiger charge is -2.17. The van der Waals surface area contributed by atoms with Gasteiger partial charge in [0.15, 0.2) is 10.9 Å². The molecule has 5 rings (SSSR count). The summed E-state index contributed by atoms with van der Waals surface area (Å²) in [5.74, 6) is 1.03. The fourth-order valence-electron chi connectivity index (χ4n) is 3.46. The van der Waals surface area contributed by atoms with E-state index in [2.05, 4.69) is 15.5 Å². The second-order valence-corrected chi connectivity index (χ2v) is 8.29. The molecule has 0 aliphatic heterocycles. The van der Waals surface area contributed by atoms with Gasteiger partial charge in [-0.25, -0.2) is 0 Å². The standard InChI is InChI=1S/C26H20N4O2S/c31-25(27-20-13-6-2-7-14-20)23(19-11-4-1-5-12-19)33-26-29-28-24(22-17-10-18-32-22)30(26)21-15-8-3-9-16-21/h1-18,23H,(H,27,31). The lowest BCUT2D eigenvalue weighted by Crippen LogP contribution is -2.19. The average Bonchev–Trinajstić information content (AvgIpc) is 3.54. The molecule has 162 valence electrons. The maximum absolute atomic E-state index is 13.4. The van der Waals surface area contributed by atoms with E-state index in [1.54, 1.807) is 6.26 Å². The highest BCUT2D eigenvalue weighted by Gasteiger charge is 2.27. The molecule has 0 saturated carbocycles. The van der Waals surface area contributed by atoms with Crippen molar-refractivity contribution in [1.82, 2.24) is 14.8 Å². The van der Waals surface area contributed by atoms with Crippen LogP contribution in [0.1, 0.15) is 10.8 Å². The molecular formula is C26H20N4O2S. The Morgan fingerprint density at radius 2 is 1.48 bits per heavy atom. The molecule has 5 aromatic rings. The summed E-state index contributed by atoms with van der Waals surface area (Å²) in [7, 11) is 0. The summed E-state index contributed by atoms with van der Waals surface area (Å²) >= 11 is 1.34. The second-order valence-electron chi connectivity index (χ2n) is 7.22. The Kier molecular flexibility index (Phi) is 6.04. The van der Waals surface area contributed by atoms with Crippen molar-refractivity contribution in [2.24, 2.45) is 0 Å². The van der Waals surface area contributed by atoms with Gasteiger partial charge in [-0.3, -0.25) is 9.36 Å². The summed E-state index contributed by atoms with van der Waals surface area (Å²) in [6, 6.07) is 32.6. The van der Waals surface area contributed by atoms with Crippen molar-refractivity contribution >= 4 is 23.4 Å². The number of rotatable bonds is 7. The number of carbonyl (C=O) groups excluding carboxylic acids is 1. The van der Waals surface area contributed by atoms with Gasteiger partial charge in [0.05, 0.1) is 6.26 Å². The van der Waals surface area contributed by atoms with Crippen LogP contribution in [0.3, 0.4) is 0 Å². The number of hydrogen-bond acceptors (Lipinski definition) is 5. The molecule has 33 heavy (non-hydrogen) atoms. The molecule has 0 aliphatic carbocycles. The van der Waals surface area contributed by atoms with Crippen molar-refractivity contribution in [2.75, 3.05) is 5.32 Å². The smallest absolute Gasteiger partial charge is 0.242 e. The van der Waals surface area contributed by atoms with Crippen molar-refractivity contribution in [2.45, 2.75) is 10.4 Å². The van der Waals surface area contributed by atoms with E-state index in [9.17, 15) is 4.79 Å². The third-order valence-electron chi connectivity index (χ3n) is 4.99. The lowest BCUT2D eigenvalue weighted by molar-refractivity contribution is -0.115. The fraction of sp³-hybridized carbons (Fsp3) is 0.0385. The molecule has 6 nitrogen and oxygen atoms in total. The minimum atomic E-state index is -0.539. The number of para-hydroxylation sites is 2. The largest absolute Gasteiger partial charge is 0.461 e. The Bertz CT molecular complexity index is 1320. The average molecular weight is 453 g/mol. The Morgan fingerprint density at radius 3 is 2.15 bits per heavy atom. The van der Waals surface area contributed by atoms with E-state index in [1.807, 2.05) is 108 Å². The molecule has 1 amide bonds. The summed E-state index contributed by atoms with van der Waals surface area (Å²) in [6.07, 6.45) is 1.60. The molecule has 2 aromatic heterocycles. The lowest BCUT2D eigenvalue weighted by atomic mass is 10.1. The van der Waals surface area contributed by atoms with Gasteiger partial charge >= 0.3 is 0 Å². The van der Waals surface area contributed by atoms with Crippen LogP contribution in [0.4, 0.5) is 5.69 Å². The zero-order valence-electron chi connectivity index (χ0n) is 17.5. The zero-order valence-corrected chi connectivity index (χ0v) is 18.4. The fourth-order valence-corrected chi connectivity index (χ4v) is 4.51. The first-order valence-corrected chi connectivity index (χ1v) is 11.3. The van der Waals surface area contributed by atoms with E-state index in [-0.39, 0.29) is 5.91 Å². The molecular weight excluding hydrogens is 432 g/mol. The first kappa shape index (κ1) is 20.8. The normalized spacial score (nSPS) is 11.8. The van der Waals surface area contributed by atoms with Crippen LogP contribution < -0.4 is 5.32 Å². The van der Waals surface area contributed by atoms with Gasteiger partial charge < -0.3 is 9.73 Å². The summed E-state index contributed by atoms with van der Waals surface area (Å²) in [5.41, 5.74) is 2.50. The quantitative estimate of drug-likeness (QED) is 0.307. The first-order valence-electron chi connectivity index (χ1n) is 10.4. The van der Waals surface area contributed by atoms with Crippen LogP contribution >= 0.6 is 11.8 Å². The maximum Gasteiger partial charge on any atom is 0.242 e. The van der Waals surface area contributed by atoms with Crippen LogP contribution in [0, 0.1) is 0 Å². The molecule has 0 aliphatic rings. The van der Waals surface area contributed by atoms with Gasteiger partial charge in [-0.1, -0.05) is 78.5 Å². The number of nitrogens with one attached hydrogen (secondary N) is 1. The number of furan rings is 1. The number of aromatic nitrogens is 3. The molecule has 1 unspecified atom stereocenters. The van der Waals surface area contributed by atoms with Crippen molar-refractivity contribution in [3.63, 3.8) is 0 Å². The first-order chi connectivity index (χ1) is 16.3. The molecule has 0 bridgehead atoms.